The molecule has 0 radical (unpaired) electrons. The number of piperidine rings is 1. The van der Waals surface area contributed by atoms with Crippen LogP contribution in [-0.2, 0) is 11.2 Å². The van der Waals surface area contributed by atoms with Gasteiger partial charge in [0.15, 0.2) is 0 Å². The molecule has 0 amide bonds. The fourth-order valence-electron chi connectivity index (χ4n) is 7.06. The van der Waals surface area contributed by atoms with E-state index in [4.69, 9.17) is 6.42 Å². The van der Waals surface area contributed by atoms with Crippen LogP contribution in [0.15, 0.2) is 48.5 Å². The van der Waals surface area contributed by atoms with Gasteiger partial charge in [0.2, 0.25) is 0 Å². The summed E-state index contributed by atoms with van der Waals surface area (Å²) < 4.78 is 14.2. The number of terminal acetylenes is 1. The molecule has 2 aliphatic heterocycles. The molecular weight excluding hydrogens is 487 g/mol. The van der Waals surface area contributed by atoms with Crippen LogP contribution in [0.3, 0.4) is 0 Å². The lowest BCUT2D eigenvalue weighted by molar-refractivity contribution is -0.144. The lowest BCUT2D eigenvalue weighted by atomic mass is 9.80. The number of hydrogen-bond acceptors (Lipinski definition) is 3. The van der Waals surface area contributed by atoms with Crippen LogP contribution in [0, 0.1) is 35.9 Å². The fraction of sp³-hybridized carbons (Fsp3) is 0.559. The summed E-state index contributed by atoms with van der Waals surface area (Å²) in [6, 6.07) is 14.9. The molecule has 4 nitrogen and oxygen atoms in total. The van der Waals surface area contributed by atoms with Crippen molar-refractivity contribution >= 4 is 5.97 Å². The molecule has 2 aromatic rings. The SMILES string of the molecule is C#Cc1ccc(CCCC2CCN(CC3CN(C(CC4CCC4)C(=O)O)CC3c3cccc(F)c3)CC2)cc1. The lowest BCUT2D eigenvalue weighted by Gasteiger charge is -2.35. The number of aryl methyl sites for hydroxylation is 1. The second-order valence-electron chi connectivity index (χ2n) is 12.2. The standard InChI is InChI=1S/C34H43FN2O2/c1-2-25-12-14-26(15-13-25)6-3-7-27-16-18-36(19-17-27)22-30-23-37(33(34(38)39)20-28-8-4-9-28)24-32(30)29-10-5-11-31(35)21-29/h1,5,10-15,21,27-28,30,32-33H,3-4,6-9,16-20,22-24H2,(H,38,39). The van der Waals surface area contributed by atoms with Crippen LogP contribution in [0.1, 0.15) is 74.0 Å². The first-order valence-electron chi connectivity index (χ1n) is 15.0. The van der Waals surface area contributed by atoms with Gasteiger partial charge < -0.3 is 10.0 Å². The van der Waals surface area contributed by atoms with Crippen LogP contribution >= 0.6 is 0 Å². The van der Waals surface area contributed by atoms with Gasteiger partial charge in [0.25, 0.3) is 0 Å². The number of carboxylic acid groups (broad SMARTS) is 1. The van der Waals surface area contributed by atoms with E-state index in [0.29, 0.717) is 18.4 Å². The summed E-state index contributed by atoms with van der Waals surface area (Å²) in [5.74, 6) is 3.57. The molecule has 2 aromatic carbocycles. The van der Waals surface area contributed by atoms with E-state index in [-0.39, 0.29) is 11.7 Å². The molecule has 2 heterocycles. The molecule has 39 heavy (non-hydrogen) atoms. The van der Waals surface area contributed by atoms with E-state index < -0.39 is 12.0 Å². The molecule has 5 heteroatoms. The molecule has 3 aliphatic rings. The Bertz CT molecular complexity index is 1130. The first-order valence-corrected chi connectivity index (χ1v) is 15.0. The summed E-state index contributed by atoms with van der Waals surface area (Å²) in [7, 11) is 0. The monoisotopic (exact) mass is 530 g/mol. The zero-order valence-electron chi connectivity index (χ0n) is 23.1. The third-order valence-electron chi connectivity index (χ3n) is 9.65. The number of nitrogens with zero attached hydrogens (tertiary/aromatic N) is 2. The molecule has 208 valence electrons. The number of likely N-dealkylation sites (tertiary alicyclic amines) is 2. The number of carbonyl (C=O) groups is 1. The topological polar surface area (TPSA) is 43.8 Å². The van der Waals surface area contributed by atoms with E-state index in [1.54, 1.807) is 12.1 Å². The van der Waals surface area contributed by atoms with Crippen molar-refractivity contribution in [3.05, 3.63) is 71.0 Å². The number of halogens is 1. The van der Waals surface area contributed by atoms with Crippen LogP contribution in [0.4, 0.5) is 4.39 Å². The van der Waals surface area contributed by atoms with Crippen molar-refractivity contribution in [3.63, 3.8) is 0 Å². The maximum absolute atomic E-state index is 14.2. The van der Waals surface area contributed by atoms with Crippen molar-refractivity contribution in [1.82, 2.24) is 9.80 Å². The van der Waals surface area contributed by atoms with E-state index in [2.05, 4.69) is 27.9 Å². The smallest absolute Gasteiger partial charge is 0.320 e. The summed E-state index contributed by atoms with van der Waals surface area (Å²) in [6.07, 6.45) is 15.7. The maximum atomic E-state index is 14.2. The number of carboxylic acids is 1. The highest BCUT2D eigenvalue weighted by Gasteiger charge is 2.41. The summed E-state index contributed by atoms with van der Waals surface area (Å²) >= 11 is 0. The minimum Gasteiger partial charge on any atom is -0.480 e. The molecule has 1 aliphatic carbocycles. The van der Waals surface area contributed by atoms with Crippen molar-refractivity contribution in [2.24, 2.45) is 17.8 Å². The van der Waals surface area contributed by atoms with Crippen LogP contribution in [0.2, 0.25) is 0 Å². The molecule has 0 bridgehead atoms. The Morgan fingerprint density at radius 1 is 1.05 bits per heavy atom. The highest BCUT2D eigenvalue weighted by molar-refractivity contribution is 5.73. The highest BCUT2D eigenvalue weighted by atomic mass is 19.1. The van der Waals surface area contributed by atoms with E-state index >= 15 is 0 Å². The van der Waals surface area contributed by atoms with Gasteiger partial charge in [0.1, 0.15) is 11.9 Å². The second kappa shape index (κ2) is 13.1. The van der Waals surface area contributed by atoms with Gasteiger partial charge in [-0.3, -0.25) is 9.69 Å². The molecule has 3 atom stereocenters. The zero-order valence-corrected chi connectivity index (χ0v) is 23.1. The molecule has 0 spiro atoms. The Morgan fingerprint density at radius 3 is 2.46 bits per heavy atom. The summed E-state index contributed by atoms with van der Waals surface area (Å²) in [5, 5.41) is 10.1. The summed E-state index contributed by atoms with van der Waals surface area (Å²) in [5.41, 5.74) is 3.31. The highest BCUT2D eigenvalue weighted by Crippen LogP contribution is 2.38. The predicted octanol–water partition coefficient (Wildman–Crippen LogP) is 6.20. The Balaban J connectivity index is 1.15. The van der Waals surface area contributed by atoms with Gasteiger partial charge in [0, 0.05) is 31.1 Å². The van der Waals surface area contributed by atoms with Crippen LogP contribution < -0.4 is 0 Å². The largest absolute Gasteiger partial charge is 0.480 e. The molecular formula is C34H43FN2O2. The van der Waals surface area contributed by atoms with Crippen molar-refractivity contribution in [2.45, 2.75) is 69.7 Å². The molecule has 3 fully saturated rings. The Kier molecular flexibility index (Phi) is 9.37. The number of hydrogen-bond donors (Lipinski definition) is 1. The molecule has 5 rings (SSSR count). The zero-order chi connectivity index (χ0) is 27.2. The molecule has 3 unspecified atom stereocenters. The first-order chi connectivity index (χ1) is 19.0. The Hall–Kier alpha value is -2.68. The fourth-order valence-corrected chi connectivity index (χ4v) is 7.06. The molecule has 2 saturated heterocycles. The molecule has 0 aromatic heterocycles. The van der Waals surface area contributed by atoms with Crippen molar-refractivity contribution in [2.75, 3.05) is 32.7 Å². The average molecular weight is 531 g/mol. The normalized spacial score (nSPS) is 23.8. The Morgan fingerprint density at radius 2 is 1.82 bits per heavy atom. The first kappa shape index (κ1) is 27.9. The van der Waals surface area contributed by atoms with Crippen molar-refractivity contribution in [1.29, 1.82) is 0 Å². The van der Waals surface area contributed by atoms with Gasteiger partial charge in [-0.2, -0.15) is 0 Å². The Labute approximate surface area is 233 Å². The van der Waals surface area contributed by atoms with Gasteiger partial charge >= 0.3 is 5.97 Å². The van der Waals surface area contributed by atoms with E-state index in [0.717, 1.165) is 68.9 Å². The summed E-state index contributed by atoms with van der Waals surface area (Å²) in [6.45, 7) is 4.64. The van der Waals surface area contributed by atoms with Gasteiger partial charge in [-0.25, -0.2) is 4.39 Å². The molecule has 1 saturated carbocycles. The van der Waals surface area contributed by atoms with Gasteiger partial charge in [-0.15, -0.1) is 6.42 Å². The lowest BCUT2D eigenvalue weighted by Crippen LogP contribution is -2.43. The van der Waals surface area contributed by atoms with E-state index in [1.165, 1.54) is 43.7 Å². The number of rotatable bonds is 11. The maximum Gasteiger partial charge on any atom is 0.320 e. The van der Waals surface area contributed by atoms with E-state index in [9.17, 15) is 14.3 Å². The van der Waals surface area contributed by atoms with Crippen LogP contribution in [0.25, 0.3) is 0 Å². The van der Waals surface area contributed by atoms with Gasteiger partial charge in [0.05, 0.1) is 0 Å². The predicted molar refractivity (Wildman–Crippen MR) is 154 cm³/mol. The van der Waals surface area contributed by atoms with Crippen LogP contribution in [0.5, 0.6) is 0 Å². The van der Waals surface area contributed by atoms with Crippen LogP contribution in [-0.4, -0.2) is 59.6 Å². The number of aliphatic carboxylic acids is 1. The third kappa shape index (κ3) is 7.29. The minimum absolute atomic E-state index is 0.169. The minimum atomic E-state index is -0.701. The number of benzene rings is 2. The third-order valence-corrected chi connectivity index (χ3v) is 9.65. The van der Waals surface area contributed by atoms with Gasteiger partial charge in [-0.1, -0.05) is 55.9 Å². The quantitative estimate of drug-likeness (QED) is 0.351. The second-order valence-corrected chi connectivity index (χ2v) is 12.2. The summed E-state index contributed by atoms with van der Waals surface area (Å²) in [4.78, 5) is 17.1. The van der Waals surface area contributed by atoms with E-state index in [1.807, 2.05) is 18.2 Å². The van der Waals surface area contributed by atoms with Crippen molar-refractivity contribution in [3.8, 4) is 12.3 Å². The average Bonchev–Trinajstić information content (AvgIpc) is 3.32. The molecule has 1 N–H and O–H groups in total. The van der Waals surface area contributed by atoms with Gasteiger partial charge in [-0.05, 0) is 98.3 Å². The van der Waals surface area contributed by atoms with Crippen molar-refractivity contribution < 1.29 is 14.3 Å².